The molecule has 5 aliphatic rings. The summed E-state index contributed by atoms with van der Waals surface area (Å²) in [4.78, 5) is 0. The summed E-state index contributed by atoms with van der Waals surface area (Å²) in [7, 11) is 0. The van der Waals surface area contributed by atoms with Gasteiger partial charge in [0.05, 0.1) is 6.10 Å². The molecule has 0 aromatic heterocycles. The highest BCUT2D eigenvalue weighted by Crippen LogP contribution is 2.78. The Morgan fingerprint density at radius 2 is 1.29 bits per heavy atom. The van der Waals surface area contributed by atoms with Crippen molar-refractivity contribution in [3.63, 3.8) is 0 Å². The van der Waals surface area contributed by atoms with Crippen molar-refractivity contribution in [2.24, 2.45) is 68.0 Å². The van der Waals surface area contributed by atoms with Crippen LogP contribution >= 0.6 is 0 Å². The minimum absolute atomic E-state index is 0.0180. The van der Waals surface area contributed by atoms with E-state index < -0.39 is 60.0 Å². The van der Waals surface area contributed by atoms with Crippen molar-refractivity contribution in [2.75, 3.05) is 0 Å². The van der Waals surface area contributed by atoms with Crippen LogP contribution in [0.4, 0.5) is 26.3 Å². The smallest absolute Gasteiger partial charge is 0.368 e. The topological polar surface area (TPSA) is 110 Å². The van der Waals surface area contributed by atoms with Crippen molar-refractivity contribution in [2.45, 2.75) is 156 Å². The van der Waals surface area contributed by atoms with Gasteiger partial charge in [0.1, 0.15) is 0 Å². The molecule has 0 spiro atoms. The third kappa shape index (κ3) is 5.17. The Bertz CT molecular complexity index is 1170. The standard InChI is InChI=1S/C36H58F6O6/c1-19(2)20-10-15-33(27(44)45)17-16-31(6)21(26(20)33)8-9-23-30(5)13-12-24(29(3,4)22(30)11-14-32(23,31)7)48-25(43)18-34(28(46)47,35(37,38)39)36(40,41)42/h19-28,43-47H,8-18H2,1-7H3/t20-,21+,22+,23-,24+,25+,26-,30+,31+,32+,33+/m1/s1. The molecule has 280 valence electrons. The molecule has 11 atom stereocenters. The van der Waals surface area contributed by atoms with E-state index in [9.17, 15) is 51.9 Å². The SMILES string of the molecule is CC(C)[C@H]1CC[C@]2(C(O)O)CC[C@@]3(C)[C@@H](CC[C@@H]4[C@@]5(C)CC[C@H](O[C@H](O)CC(C(O)O)(C(F)(F)F)C(F)(F)F)C(C)(C)[C@@H]5CC[C@@]43C)[C@@H]12. The van der Waals surface area contributed by atoms with Crippen molar-refractivity contribution >= 4 is 0 Å². The lowest BCUT2D eigenvalue weighted by molar-refractivity contribution is -0.407. The van der Waals surface area contributed by atoms with Crippen LogP contribution in [0, 0.1) is 68.0 Å². The Kier molecular flexibility index (Phi) is 9.59. The second kappa shape index (κ2) is 11.9. The van der Waals surface area contributed by atoms with Crippen LogP contribution in [0.25, 0.3) is 0 Å². The number of ether oxygens (including phenoxy) is 1. The fourth-order valence-corrected chi connectivity index (χ4v) is 13.4. The first-order valence-corrected chi connectivity index (χ1v) is 18.0. The molecule has 5 aliphatic carbocycles. The number of aliphatic hydroxyl groups excluding tert-OH is 3. The van der Waals surface area contributed by atoms with Crippen LogP contribution in [-0.4, -0.2) is 62.9 Å². The first-order valence-electron chi connectivity index (χ1n) is 18.0. The van der Waals surface area contributed by atoms with Gasteiger partial charge >= 0.3 is 12.4 Å². The summed E-state index contributed by atoms with van der Waals surface area (Å²) < 4.78 is 88.4. The van der Waals surface area contributed by atoms with Gasteiger partial charge in [-0.15, -0.1) is 0 Å². The third-order valence-electron chi connectivity index (χ3n) is 16.1. The summed E-state index contributed by atoms with van der Waals surface area (Å²) in [6.07, 6.45) is -14.8. The van der Waals surface area contributed by atoms with Crippen LogP contribution in [-0.2, 0) is 4.74 Å². The number of alkyl halides is 6. The van der Waals surface area contributed by atoms with Gasteiger partial charge in [-0.05, 0) is 121 Å². The van der Waals surface area contributed by atoms with E-state index in [0.717, 1.165) is 51.4 Å². The van der Waals surface area contributed by atoms with Crippen LogP contribution in [0.3, 0.4) is 0 Å². The van der Waals surface area contributed by atoms with Crippen LogP contribution in [0.5, 0.6) is 0 Å². The summed E-state index contributed by atoms with van der Waals surface area (Å²) in [5.74, 6) is 1.73. The fourth-order valence-electron chi connectivity index (χ4n) is 13.4. The summed E-state index contributed by atoms with van der Waals surface area (Å²) in [6, 6.07) is 0. The summed E-state index contributed by atoms with van der Waals surface area (Å²) in [6.45, 7) is 15.5. The summed E-state index contributed by atoms with van der Waals surface area (Å²) in [5.41, 5.74) is -6.45. The van der Waals surface area contributed by atoms with Crippen LogP contribution in [0.15, 0.2) is 0 Å². The maximum absolute atomic E-state index is 13.8. The van der Waals surface area contributed by atoms with Crippen LogP contribution < -0.4 is 0 Å². The Morgan fingerprint density at radius 3 is 1.81 bits per heavy atom. The van der Waals surface area contributed by atoms with Gasteiger partial charge in [0, 0.05) is 11.8 Å². The monoisotopic (exact) mass is 700 g/mol. The number of halogens is 6. The van der Waals surface area contributed by atoms with E-state index in [1.54, 1.807) is 0 Å². The Hall–Kier alpha value is -0.660. The lowest BCUT2D eigenvalue weighted by Gasteiger charge is -2.73. The van der Waals surface area contributed by atoms with E-state index in [4.69, 9.17) is 4.74 Å². The normalized spacial score (nSPS) is 43.9. The van der Waals surface area contributed by atoms with Crippen LogP contribution in [0.2, 0.25) is 0 Å². The number of hydrogen-bond acceptors (Lipinski definition) is 6. The third-order valence-corrected chi connectivity index (χ3v) is 16.1. The minimum atomic E-state index is -6.10. The second-order valence-corrected chi connectivity index (χ2v) is 18.2. The first kappa shape index (κ1) is 38.6. The highest BCUT2D eigenvalue weighted by atomic mass is 19.4. The quantitative estimate of drug-likeness (QED) is 0.139. The lowest BCUT2D eigenvalue weighted by Crippen LogP contribution is -2.67. The molecule has 0 saturated heterocycles. The zero-order chi connectivity index (χ0) is 36.3. The molecule has 12 heteroatoms. The van der Waals surface area contributed by atoms with E-state index in [-0.39, 0.29) is 28.1 Å². The zero-order valence-electron chi connectivity index (χ0n) is 29.5. The highest BCUT2D eigenvalue weighted by Gasteiger charge is 2.76. The fraction of sp³-hybridized carbons (Fsp3) is 1.00. The Labute approximate surface area is 281 Å². The molecular weight excluding hydrogens is 642 g/mol. The molecule has 5 rings (SSSR count). The summed E-state index contributed by atoms with van der Waals surface area (Å²) >= 11 is 0. The van der Waals surface area contributed by atoms with E-state index in [0.29, 0.717) is 36.5 Å². The molecule has 0 aromatic carbocycles. The number of fused-ring (bicyclic) bond motifs is 7. The molecule has 5 N–H and O–H groups in total. The molecule has 48 heavy (non-hydrogen) atoms. The van der Waals surface area contributed by atoms with E-state index >= 15 is 0 Å². The molecule has 0 radical (unpaired) electrons. The average Bonchev–Trinajstić information content (AvgIpc) is 3.34. The molecule has 5 saturated carbocycles. The lowest BCUT2D eigenvalue weighted by atomic mass is 9.32. The average molecular weight is 701 g/mol. The molecule has 6 nitrogen and oxygen atoms in total. The largest absolute Gasteiger partial charge is 0.408 e. The van der Waals surface area contributed by atoms with E-state index in [1.165, 1.54) is 0 Å². The molecule has 0 heterocycles. The molecule has 5 fully saturated rings. The second-order valence-electron chi connectivity index (χ2n) is 18.2. The Balaban J connectivity index is 1.40. The Morgan fingerprint density at radius 1 is 0.688 bits per heavy atom. The van der Waals surface area contributed by atoms with Gasteiger partial charge in [-0.3, -0.25) is 0 Å². The predicted octanol–water partition coefficient (Wildman–Crippen LogP) is 7.55. The van der Waals surface area contributed by atoms with E-state index in [2.05, 4.69) is 34.6 Å². The van der Waals surface area contributed by atoms with Gasteiger partial charge in [0.25, 0.3) is 0 Å². The van der Waals surface area contributed by atoms with Gasteiger partial charge in [0.2, 0.25) is 5.41 Å². The van der Waals surface area contributed by atoms with Gasteiger partial charge in [-0.1, -0.05) is 48.5 Å². The van der Waals surface area contributed by atoms with Gasteiger partial charge in [-0.25, -0.2) is 0 Å². The molecule has 0 aliphatic heterocycles. The first-order chi connectivity index (χ1) is 21.8. The van der Waals surface area contributed by atoms with Crippen molar-refractivity contribution in [3.8, 4) is 0 Å². The van der Waals surface area contributed by atoms with Crippen molar-refractivity contribution < 1.29 is 56.6 Å². The molecular formula is C36H58F6O6. The van der Waals surface area contributed by atoms with Crippen molar-refractivity contribution in [1.29, 1.82) is 0 Å². The minimum Gasteiger partial charge on any atom is -0.368 e. The van der Waals surface area contributed by atoms with E-state index in [1.807, 2.05) is 13.8 Å². The number of rotatable bonds is 7. The van der Waals surface area contributed by atoms with Gasteiger partial charge < -0.3 is 30.3 Å². The molecule has 0 unspecified atom stereocenters. The van der Waals surface area contributed by atoms with Gasteiger partial charge in [0.15, 0.2) is 18.9 Å². The number of aliphatic hydroxyl groups is 5. The predicted molar refractivity (Wildman–Crippen MR) is 165 cm³/mol. The summed E-state index contributed by atoms with van der Waals surface area (Å²) in [5, 5.41) is 51.0. The van der Waals surface area contributed by atoms with Crippen LogP contribution in [0.1, 0.15) is 119 Å². The van der Waals surface area contributed by atoms with Crippen molar-refractivity contribution in [1.82, 2.24) is 0 Å². The molecule has 0 bridgehead atoms. The molecule has 0 aromatic rings. The van der Waals surface area contributed by atoms with Crippen molar-refractivity contribution in [3.05, 3.63) is 0 Å². The zero-order valence-corrected chi connectivity index (χ0v) is 29.5. The maximum Gasteiger partial charge on any atom is 0.408 e. The van der Waals surface area contributed by atoms with Gasteiger partial charge in [-0.2, -0.15) is 26.3 Å². The maximum atomic E-state index is 13.8. The number of hydrogen-bond donors (Lipinski definition) is 5. The molecule has 0 amide bonds. The highest BCUT2D eigenvalue weighted by molar-refractivity contribution is 5.20.